The van der Waals surface area contributed by atoms with E-state index >= 15 is 0 Å². The van der Waals surface area contributed by atoms with Gasteiger partial charge in [0.15, 0.2) is 0 Å². The number of nitrogens with zero attached hydrogens (tertiary/aromatic N) is 1. The molecule has 3 rings (SSSR count). The number of hydrogen-bond acceptors (Lipinski definition) is 4. The molecular weight excluding hydrogens is 392 g/mol. The van der Waals surface area contributed by atoms with Gasteiger partial charge in [-0.05, 0) is 44.1 Å². The maximum atomic E-state index is 13.5. The van der Waals surface area contributed by atoms with Crippen molar-refractivity contribution in [1.82, 2.24) is 10.2 Å². The number of benzene rings is 1. The van der Waals surface area contributed by atoms with E-state index in [1.807, 2.05) is 36.4 Å². The van der Waals surface area contributed by atoms with Crippen molar-refractivity contribution in [1.29, 1.82) is 0 Å². The number of likely N-dealkylation sites (tertiary alicyclic amines) is 1. The third kappa shape index (κ3) is 5.17. The fourth-order valence-electron chi connectivity index (χ4n) is 4.64. The second kappa shape index (κ2) is 10.1. The Morgan fingerprint density at radius 2 is 2.00 bits per heavy atom. The van der Waals surface area contributed by atoms with Gasteiger partial charge in [-0.2, -0.15) is 0 Å². The van der Waals surface area contributed by atoms with E-state index in [-0.39, 0.29) is 24.2 Å². The highest BCUT2D eigenvalue weighted by Crippen LogP contribution is 2.51. The third-order valence-electron chi connectivity index (χ3n) is 6.23. The fourth-order valence-corrected chi connectivity index (χ4v) is 4.64. The molecule has 1 saturated heterocycles. The summed E-state index contributed by atoms with van der Waals surface area (Å²) in [6.07, 6.45) is 4.65. The zero-order valence-electron chi connectivity index (χ0n) is 18.9. The molecule has 2 amide bonds. The van der Waals surface area contributed by atoms with Gasteiger partial charge in [-0.3, -0.25) is 14.4 Å². The van der Waals surface area contributed by atoms with Crippen LogP contribution in [0.4, 0.5) is 0 Å². The van der Waals surface area contributed by atoms with E-state index in [0.29, 0.717) is 38.5 Å². The molecule has 1 N–H and O–H groups in total. The smallest absolute Gasteiger partial charge is 0.318 e. The average Bonchev–Trinajstić information content (AvgIpc) is 3.16. The van der Waals surface area contributed by atoms with Crippen LogP contribution < -0.4 is 5.32 Å². The summed E-state index contributed by atoms with van der Waals surface area (Å²) < 4.78 is 5.45. The van der Waals surface area contributed by atoms with Gasteiger partial charge in [-0.1, -0.05) is 50.3 Å². The minimum absolute atomic E-state index is 0.0871. The molecule has 6 nitrogen and oxygen atoms in total. The Morgan fingerprint density at radius 3 is 2.68 bits per heavy atom. The zero-order chi connectivity index (χ0) is 22.4. The van der Waals surface area contributed by atoms with Crippen LogP contribution in [-0.4, -0.2) is 35.8 Å². The Morgan fingerprint density at radius 1 is 1.26 bits per heavy atom. The predicted molar refractivity (Wildman–Crippen MR) is 119 cm³/mol. The van der Waals surface area contributed by atoms with Gasteiger partial charge in [0, 0.05) is 24.6 Å². The number of hydrogen-bond donors (Lipinski definition) is 1. The second-order valence-electron chi connectivity index (χ2n) is 8.98. The van der Waals surface area contributed by atoms with Crippen molar-refractivity contribution in [2.75, 3.05) is 13.2 Å². The Kier molecular flexibility index (Phi) is 7.52. The van der Waals surface area contributed by atoms with Gasteiger partial charge >= 0.3 is 5.97 Å². The number of rotatable bonds is 9. The van der Waals surface area contributed by atoms with Crippen LogP contribution in [0, 0.1) is 17.3 Å². The van der Waals surface area contributed by atoms with Crippen LogP contribution in [0.1, 0.15) is 58.4 Å². The number of allylic oxidation sites excluding steroid dienone is 1. The molecule has 0 spiro atoms. The molecule has 1 fully saturated rings. The van der Waals surface area contributed by atoms with Crippen molar-refractivity contribution in [3.05, 3.63) is 47.7 Å². The topological polar surface area (TPSA) is 75.7 Å². The van der Waals surface area contributed by atoms with Crippen LogP contribution in [-0.2, 0) is 25.7 Å². The number of ether oxygens (including phenoxy) is 1. The van der Waals surface area contributed by atoms with Crippen LogP contribution in [0.25, 0.3) is 0 Å². The lowest BCUT2D eigenvalue weighted by Crippen LogP contribution is -2.52. The summed E-state index contributed by atoms with van der Waals surface area (Å²) in [7, 11) is 0. The number of amides is 2. The normalized spacial score (nSPS) is 22.8. The molecule has 1 aliphatic heterocycles. The van der Waals surface area contributed by atoms with Crippen molar-refractivity contribution in [2.24, 2.45) is 17.3 Å². The standard InChI is InChI=1S/C25H34N2O4/c1-4-31-24(30)25-13-8-11-21(25)27(17-19-9-6-5-7-10-19)23(29)20(16-25)15-22(28)26-14-12-18(2)3/h5-7,9-11,18,20H,4,8,12-17H2,1-3H3,(H,26,28)/t20-,25+/m1/s1. The van der Waals surface area contributed by atoms with Crippen molar-refractivity contribution >= 4 is 17.8 Å². The maximum Gasteiger partial charge on any atom is 0.318 e. The zero-order valence-corrected chi connectivity index (χ0v) is 18.9. The lowest BCUT2D eigenvalue weighted by Gasteiger charge is -2.44. The highest BCUT2D eigenvalue weighted by atomic mass is 16.5. The summed E-state index contributed by atoms with van der Waals surface area (Å²) >= 11 is 0. The van der Waals surface area contributed by atoms with E-state index in [2.05, 4.69) is 19.2 Å². The van der Waals surface area contributed by atoms with Crippen LogP contribution in [0.5, 0.6) is 0 Å². The molecule has 6 heteroatoms. The minimum Gasteiger partial charge on any atom is -0.465 e. The second-order valence-corrected chi connectivity index (χ2v) is 8.98. The van der Waals surface area contributed by atoms with Crippen molar-refractivity contribution in [3.63, 3.8) is 0 Å². The fraction of sp³-hybridized carbons (Fsp3) is 0.560. The molecule has 2 aliphatic rings. The monoisotopic (exact) mass is 426 g/mol. The number of fused-ring (bicyclic) bond motifs is 1. The third-order valence-corrected chi connectivity index (χ3v) is 6.23. The molecule has 1 aromatic carbocycles. The van der Waals surface area contributed by atoms with Gasteiger partial charge in [0.1, 0.15) is 5.41 Å². The molecule has 1 aromatic rings. The Balaban J connectivity index is 1.84. The first kappa shape index (κ1) is 23.0. The molecule has 2 atom stereocenters. The van der Waals surface area contributed by atoms with Crippen LogP contribution >= 0.6 is 0 Å². The molecule has 1 heterocycles. The van der Waals surface area contributed by atoms with E-state index in [4.69, 9.17) is 4.74 Å². The first-order valence-electron chi connectivity index (χ1n) is 11.4. The molecule has 168 valence electrons. The van der Waals surface area contributed by atoms with E-state index in [1.165, 1.54) is 0 Å². The molecule has 0 radical (unpaired) electrons. The summed E-state index contributed by atoms with van der Waals surface area (Å²) in [6, 6.07) is 9.74. The van der Waals surface area contributed by atoms with E-state index < -0.39 is 11.3 Å². The molecule has 1 aliphatic carbocycles. The lowest BCUT2D eigenvalue weighted by atomic mass is 9.71. The van der Waals surface area contributed by atoms with Crippen molar-refractivity contribution in [3.8, 4) is 0 Å². The number of nitrogens with one attached hydrogen (secondary N) is 1. The first-order valence-corrected chi connectivity index (χ1v) is 11.4. The highest BCUT2D eigenvalue weighted by molar-refractivity contribution is 5.92. The Hall–Kier alpha value is -2.63. The predicted octanol–water partition coefficient (Wildman–Crippen LogP) is 3.81. The summed E-state index contributed by atoms with van der Waals surface area (Å²) in [6.45, 7) is 7.28. The van der Waals surface area contributed by atoms with Crippen molar-refractivity contribution < 1.29 is 19.1 Å². The minimum atomic E-state index is -0.846. The maximum absolute atomic E-state index is 13.5. The van der Waals surface area contributed by atoms with E-state index in [9.17, 15) is 14.4 Å². The molecule has 0 unspecified atom stereocenters. The molecule has 0 aromatic heterocycles. The number of carbonyl (C=O) groups excluding carboxylic acids is 3. The number of carbonyl (C=O) groups is 3. The molecule has 0 bridgehead atoms. The van der Waals surface area contributed by atoms with Gasteiger partial charge in [-0.25, -0.2) is 0 Å². The summed E-state index contributed by atoms with van der Waals surface area (Å²) in [4.78, 5) is 40.8. The summed E-state index contributed by atoms with van der Waals surface area (Å²) in [5, 5.41) is 2.93. The van der Waals surface area contributed by atoms with Gasteiger partial charge in [-0.15, -0.1) is 0 Å². The summed E-state index contributed by atoms with van der Waals surface area (Å²) in [5.41, 5.74) is 0.890. The SMILES string of the molecule is CCOC(=O)[C@]12CCC=C1N(Cc1ccccc1)C(=O)[C@H](CC(=O)NCCC(C)C)C2. The van der Waals surface area contributed by atoms with E-state index in [1.54, 1.807) is 11.8 Å². The average molecular weight is 427 g/mol. The first-order chi connectivity index (χ1) is 14.9. The van der Waals surface area contributed by atoms with Crippen molar-refractivity contribution in [2.45, 2.75) is 59.4 Å². The van der Waals surface area contributed by atoms with Crippen LogP contribution in [0.3, 0.4) is 0 Å². The lowest BCUT2D eigenvalue weighted by molar-refractivity contribution is -0.161. The van der Waals surface area contributed by atoms with Gasteiger partial charge in [0.05, 0.1) is 13.2 Å². The van der Waals surface area contributed by atoms with Crippen LogP contribution in [0.15, 0.2) is 42.1 Å². The Labute approximate surface area is 185 Å². The van der Waals surface area contributed by atoms with Gasteiger partial charge < -0.3 is 15.0 Å². The van der Waals surface area contributed by atoms with Gasteiger partial charge in [0.25, 0.3) is 0 Å². The highest BCUT2D eigenvalue weighted by Gasteiger charge is 2.55. The number of piperidine rings is 1. The van der Waals surface area contributed by atoms with Crippen LogP contribution in [0.2, 0.25) is 0 Å². The molecule has 31 heavy (non-hydrogen) atoms. The largest absolute Gasteiger partial charge is 0.465 e. The summed E-state index contributed by atoms with van der Waals surface area (Å²) in [5.74, 6) is -0.549. The Bertz CT molecular complexity index is 833. The van der Waals surface area contributed by atoms with Gasteiger partial charge in [0.2, 0.25) is 11.8 Å². The molecular formula is C25H34N2O4. The quantitative estimate of drug-likeness (QED) is 0.609. The van der Waals surface area contributed by atoms with E-state index in [0.717, 1.165) is 24.1 Å². The number of esters is 1. The molecule has 0 saturated carbocycles.